The molecule has 1 aromatic heterocycles. The van der Waals surface area contributed by atoms with Crippen LogP contribution in [0.4, 0.5) is 5.69 Å². The Morgan fingerprint density at radius 2 is 2.11 bits per heavy atom. The number of anilines is 1. The molecule has 2 rings (SSSR count). The molecule has 100 valence electrons. The summed E-state index contributed by atoms with van der Waals surface area (Å²) in [5.74, 6) is 0.902. The Kier molecular flexibility index (Phi) is 4.80. The molecule has 0 amide bonds. The van der Waals surface area contributed by atoms with Crippen LogP contribution < -0.4 is 10.1 Å². The van der Waals surface area contributed by atoms with Gasteiger partial charge in [-0.3, -0.25) is 0 Å². The fraction of sp³-hybridized carbons (Fsp3) is 0.267. The minimum Gasteiger partial charge on any atom is -0.491 e. The van der Waals surface area contributed by atoms with E-state index in [0.29, 0.717) is 0 Å². The Morgan fingerprint density at radius 1 is 1.26 bits per heavy atom. The van der Waals surface area contributed by atoms with E-state index in [0.717, 1.165) is 22.6 Å². The first-order valence-electron chi connectivity index (χ1n) is 6.25. The van der Waals surface area contributed by atoms with E-state index in [9.17, 15) is 0 Å². The number of pyridine rings is 1. The second-order valence-electron chi connectivity index (χ2n) is 4.51. The van der Waals surface area contributed by atoms with E-state index in [1.54, 1.807) is 6.20 Å². The monoisotopic (exact) mass is 320 g/mol. The van der Waals surface area contributed by atoms with Gasteiger partial charge >= 0.3 is 0 Å². The maximum Gasteiger partial charge on any atom is 0.129 e. The number of hydrogen-bond donors (Lipinski definition) is 1. The third-order valence-corrected chi connectivity index (χ3v) is 3.14. The van der Waals surface area contributed by atoms with Gasteiger partial charge in [-0.25, -0.2) is 4.98 Å². The van der Waals surface area contributed by atoms with Gasteiger partial charge in [-0.05, 0) is 59.6 Å². The summed E-state index contributed by atoms with van der Waals surface area (Å²) in [4.78, 5) is 4.18. The Hall–Kier alpha value is -1.55. The summed E-state index contributed by atoms with van der Waals surface area (Å²) >= 11 is 3.42. The van der Waals surface area contributed by atoms with E-state index in [-0.39, 0.29) is 6.10 Å². The average molecular weight is 321 g/mol. The fourth-order valence-corrected chi connectivity index (χ4v) is 2.11. The molecule has 0 radical (unpaired) electrons. The van der Waals surface area contributed by atoms with E-state index < -0.39 is 0 Å². The van der Waals surface area contributed by atoms with Gasteiger partial charge in [0.05, 0.1) is 11.8 Å². The van der Waals surface area contributed by atoms with Crippen molar-refractivity contribution in [3.05, 3.63) is 52.8 Å². The van der Waals surface area contributed by atoms with E-state index in [1.165, 1.54) is 5.56 Å². The van der Waals surface area contributed by atoms with Crippen molar-refractivity contribution in [3.63, 3.8) is 0 Å². The minimum absolute atomic E-state index is 0.190. The molecule has 0 atom stereocenters. The van der Waals surface area contributed by atoms with Gasteiger partial charge < -0.3 is 10.1 Å². The quantitative estimate of drug-likeness (QED) is 0.836. The highest BCUT2D eigenvalue weighted by atomic mass is 79.9. The number of aromatic nitrogens is 1. The van der Waals surface area contributed by atoms with Crippen LogP contribution >= 0.6 is 15.9 Å². The molecule has 1 aromatic carbocycles. The summed E-state index contributed by atoms with van der Waals surface area (Å²) in [7, 11) is 0. The number of nitrogens with zero attached hydrogens (tertiary/aromatic N) is 1. The molecule has 2 aromatic rings. The number of halogens is 1. The van der Waals surface area contributed by atoms with Gasteiger partial charge in [-0.2, -0.15) is 0 Å². The molecular weight excluding hydrogens is 304 g/mol. The summed E-state index contributed by atoms with van der Waals surface area (Å²) in [6.45, 7) is 4.79. The van der Waals surface area contributed by atoms with Crippen molar-refractivity contribution in [2.75, 3.05) is 5.32 Å². The zero-order valence-electron chi connectivity index (χ0n) is 11.1. The van der Waals surface area contributed by atoms with Crippen LogP contribution in [0.3, 0.4) is 0 Å². The minimum atomic E-state index is 0.190. The maximum atomic E-state index is 5.68. The van der Waals surface area contributed by atoms with E-state index in [1.807, 2.05) is 38.1 Å². The van der Waals surface area contributed by atoms with Crippen LogP contribution in [0.2, 0.25) is 0 Å². The van der Waals surface area contributed by atoms with Crippen LogP contribution in [-0.4, -0.2) is 11.1 Å². The molecule has 0 aliphatic heterocycles. The molecule has 0 unspecified atom stereocenters. The number of hydrogen-bond acceptors (Lipinski definition) is 3. The van der Waals surface area contributed by atoms with Crippen molar-refractivity contribution < 1.29 is 4.74 Å². The summed E-state index contributed by atoms with van der Waals surface area (Å²) in [6, 6.07) is 12.0. The molecule has 1 N–H and O–H groups in total. The highest BCUT2D eigenvalue weighted by Gasteiger charge is 2.02. The lowest BCUT2D eigenvalue weighted by Gasteiger charge is -2.12. The van der Waals surface area contributed by atoms with Crippen LogP contribution in [-0.2, 0) is 6.54 Å². The standard InChI is InChI=1S/C15H17BrN2O/c1-11(2)19-13-6-3-5-12(9-13)10-18-14-7-4-8-17-15(14)16/h3-9,11,18H,10H2,1-2H3. The first-order valence-corrected chi connectivity index (χ1v) is 7.04. The molecule has 1 heterocycles. The number of ether oxygens (including phenoxy) is 1. The highest BCUT2D eigenvalue weighted by Crippen LogP contribution is 2.20. The highest BCUT2D eigenvalue weighted by molar-refractivity contribution is 9.10. The van der Waals surface area contributed by atoms with Crippen LogP contribution in [0.1, 0.15) is 19.4 Å². The van der Waals surface area contributed by atoms with Crippen molar-refractivity contribution in [1.29, 1.82) is 0 Å². The van der Waals surface area contributed by atoms with Gasteiger partial charge in [0.2, 0.25) is 0 Å². The predicted octanol–water partition coefficient (Wildman–Crippen LogP) is 4.24. The molecule has 4 heteroatoms. The summed E-state index contributed by atoms with van der Waals surface area (Å²) in [5.41, 5.74) is 2.16. The van der Waals surface area contributed by atoms with Gasteiger partial charge in [0.25, 0.3) is 0 Å². The summed E-state index contributed by atoms with van der Waals surface area (Å²) in [6.07, 6.45) is 1.95. The maximum absolute atomic E-state index is 5.68. The number of rotatable bonds is 5. The number of nitrogens with one attached hydrogen (secondary N) is 1. The molecule has 19 heavy (non-hydrogen) atoms. The zero-order chi connectivity index (χ0) is 13.7. The van der Waals surface area contributed by atoms with Crippen LogP contribution in [0, 0.1) is 0 Å². The second kappa shape index (κ2) is 6.57. The molecule has 0 aliphatic rings. The molecule has 3 nitrogen and oxygen atoms in total. The fourth-order valence-electron chi connectivity index (χ4n) is 1.72. The van der Waals surface area contributed by atoms with Crippen LogP contribution in [0.5, 0.6) is 5.75 Å². The van der Waals surface area contributed by atoms with E-state index in [2.05, 4.69) is 38.4 Å². The van der Waals surface area contributed by atoms with Gasteiger partial charge in [0.1, 0.15) is 10.4 Å². The van der Waals surface area contributed by atoms with Gasteiger partial charge in [0, 0.05) is 12.7 Å². The molecule has 0 saturated carbocycles. The van der Waals surface area contributed by atoms with Crippen molar-refractivity contribution in [1.82, 2.24) is 4.98 Å². The molecule has 0 aliphatic carbocycles. The Labute approximate surface area is 122 Å². The molecule has 0 saturated heterocycles. The topological polar surface area (TPSA) is 34.1 Å². The lowest BCUT2D eigenvalue weighted by molar-refractivity contribution is 0.242. The van der Waals surface area contributed by atoms with Crippen LogP contribution in [0.15, 0.2) is 47.2 Å². The van der Waals surface area contributed by atoms with Gasteiger partial charge in [-0.1, -0.05) is 12.1 Å². The van der Waals surface area contributed by atoms with E-state index in [4.69, 9.17) is 4.74 Å². The summed E-state index contributed by atoms with van der Waals surface area (Å²) in [5, 5.41) is 3.34. The first kappa shape index (κ1) is 13.9. The Bertz CT molecular complexity index is 543. The molecule has 0 bridgehead atoms. The first-order chi connectivity index (χ1) is 9.15. The van der Waals surface area contributed by atoms with Crippen LogP contribution in [0.25, 0.3) is 0 Å². The smallest absolute Gasteiger partial charge is 0.129 e. The second-order valence-corrected chi connectivity index (χ2v) is 5.26. The summed E-state index contributed by atoms with van der Waals surface area (Å²) < 4.78 is 6.50. The zero-order valence-corrected chi connectivity index (χ0v) is 12.6. The Balaban J connectivity index is 2.02. The number of benzene rings is 1. The lowest BCUT2D eigenvalue weighted by Crippen LogP contribution is -2.06. The third-order valence-electron chi connectivity index (χ3n) is 2.51. The average Bonchev–Trinajstić information content (AvgIpc) is 2.37. The molecule has 0 spiro atoms. The van der Waals surface area contributed by atoms with Crippen molar-refractivity contribution in [3.8, 4) is 5.75 Å². The van der Waals surface area contributed by atoms with Crippen molar-refractivity contribution in [2.24, 2.45) is 0 Å². The van der Waals surface area contributed by atoms with Gasteiger partial charge in [0.15, 0.2) is 0 Å². The molecule has 0 fully saturated rings. The largest absolute Gasteiger partial charge is 0.491 e. The SMILES string of the molecule is CC(C)Oc1cccc(CNc2cccnc2Br)c1. The van der Waals surface area contributed by atoms with E-state index >= 15 is 0 Å². The van der Waals surface area contributed by atoms with Gasteiger partial charge in [-0.15, -0.1) is 0 Å². The lowest BCUT2D eigenvalue weighted by atomic mass is 10.2. The molecular formula is C15H17BrN2O. The van der Waals surface area contributed by atoms with Crippen molar-refractivity contribution in [2.45, 2.75) is 26.5 Å². The normalized spacial score (nSPS) is 10.5. The Morgan fingerprint density at radius 3 is 2.84 bits per heavy atom. The third kappa shape index (κ3) is 4.24. The van der Waals surface area contributed by atoms with Crippen molar-refractivity contribution >= 4 is 21.6 Å². The predicted molar refractivity (Wildman–Crippen MR) is 81.5 cm³/mol.